The molecule has 3 heterocycles. The first-order valence-electron chi connectivity index (χ1n) is 9.83. The van der Waals surface area contributed by atoms with Crippen LogP contribution in [0.1, 0.15) is 11.1 Å². The second-order valence-electron chi connectivity index (χ2n) is 7.71. The Balaban J connectivity index is 1.85. The number of aliphatic hydroxyl groups is 1. The van der Waals surface area contributed by atoms with Gasteiger partial charge in [-0.25, -0.2) is 0 Å². The van der Waals surface area contributed by atoms with E-state index < -0.39 is 23.5 Å². The highest BCUT2D eigenvalue weighted by Crippen LogP contribution is 2.41. The van der Waals surface area contributed by atoms with Crippen molar-refractivity contribution in [2.24, 2.45) is 14.1 Å². The number of nitro benzene ring substituents is 1. The number of aliphatic hydroxyl groups excluding tert-OH is 1. The highest BCUT2D eigenvalue weighted by atomic mass is 16.6. The van der Waals surface area contributed by atoms with Gasteiger partial charge in [0.1, 0.15) is 6.73 Å². The van der Waals surface area contributed by atoms with Gasteiger partial charge in [-0.05, 0) is 12.1 Å². The molecule has 0 spiro atoms. The summed E-state index contributed by atoms with van der Waals surface area (Å²) in [6, 6.07) is 11.9. The summed E-state index contributed by atoms with van der Waals surface area (Å²) in [5, 5.41) is 22.4. The fourth-order valence-corrected chi connectivity index (χ4v) is 4.43. The predicted octanol–water partition coefficient (Wildman–Crippen LogP) is 2.81. The molecule has 0 fully saturated rings. The molecule has 32 heavy (non-hydrogen) atoms. The zero-order valence-electron chi connectivity index (χ0n) is 17.3. The summed E-state index contributed by atoms with van der Waals surface area (Å²) in [6.45, 7) is -0.744. The molecule has 1 aliphatic rings. The lowest BCUT2D eigenvalue weighted by Crippen LogP contribution is -2.32. The van der Waals surface area contributed by atoms with Gasteiger partial charge in [0, 0.05) is 66.0 Å². The standard InChI is InChI=1S/C23H18N4O5/c1-24-10-16(14-5-3-4-6-18(14)24)20-21(23(30)26(12-28)22(20)29)17-11-25(2)19-9-13(27(31)32)7-8-15(17)19/h3-11,28H,12H2,1-2H3. The molecule has 0 saturated heterocycles. The highest BCUT2D eigenvalue weighted by molar-refractivity contribution is 6.50. The fraction of sp³-hybridized carbons (Fsp3) is 0.130. The van der Waals surface area contributed by atoms with Gasteiger partial charge in [0.05, 0.1) is 21.6 Å². The fourth-order valence-electron chi connectivity index (χ4n) is 4.43. The van der Waals surface area contributed by atoms with Crippen LogP contribution in [0.3, 0.4) is 0 Å². The van der Waals surface area contributed by atoms with Gasteiger partial charge in [-0.2, -0.15) is 0 Å². The van der Waals surface area contributed by atoms with E-state index in [4.69, 9.17) is 0 Å². The normalized spacial score (nSPS) is 14.4. The summed E-state index contributed by atoms with van der Waals surface area (Å²) in [5.41, 5.74) is 2.82. The number of hydrogen-bond donors (Lipinski definition) is 1. The number of aryl methyl sites for hydroxylation is 2. The maximum atomic E-state index is 13.3. The third-order valence-corrected chi connectivity index (χ3v) is 5.93. The maximum Gasteiger partial charge on any atom is 0.271 e. The van der Waals surface area contributed by atoms with Crippen molar-refractivity contribution in [1.29, 1.82) is 0 Å². The van der Waals surface area contributed by atoms with Crippen LogP contribution in [0.15, 0.2) is 54.9 Å². The third kappa shape index (κ3) is 2.61. The summed E-state index contributed by atoms with van der Waals surface area (Å²) < 4.78 is 3.56. The van der Waals surface area contributed by atoms with Gasteiger partial charge in [-0.3, -0.25) is 24.6 Å². The van der Waals surface area contributed by atoms with E-state index in [1.807, 2.05) is 35.9 Å². The van der Waals surface area contributed by atoms with Crippen LogP contribution >= 0.6 is 0 Å². The van der Waals surface area contributed by atoms with Gasteiger partial charge >= 0.3 is 0 Å². The molecule has 0 atom stereocenters. The van der Waals surface area contributed by atoms with Gasteiger partial charge < -0.3 is 14.2 Å². The number of nitrogens with zero attached hydrogens (tertiary/aromatic N) is 4. The number of carbonyl (C=O) groups excluding carboxylic acids is 2. The van der Waals surface area contributed by atoms with E-state index >= 15 is 0 Å². The minimum absolute atomic E-state index is 0.0701. The number of rotatable bonds is 4. The summed E-state index contributed by atoms with van der Waals surface area (Å²) in [6.07, 6.45) is 3.48. The number of benzene rings is 2. The summed E-state index contributed by atoms with van der Waals surface area (Å²) in [5.74, 6) is -1.19. The van der Waals surface area contributed by atoms with Crippen LogP contribution in [0.5, 0.6) is 0 Å². The van der Waals surface area contributed by atoms with Gasteiger partial charge in [-0.15, -0.1) is 0 Å². The van der Waals surface area contributed by atoms with Crippen molar-refractivity contribution in [3.05, 3.63) is 76.1 Å². The predicted molar refractivity (Wildman–Crippen MR) is 118 cm³/mol. The number of nitro groups is 1. The van der Waals surface area contributed by atoms with Crippen molar-refractivity contribution in [1.82, 2.24) is 14.0 Å². The van der Waals surface area contributed by atoms with Crippen molar-refractivity contribution < 1.29 is 19.6 Å². The molecule has 2 aromatic carbocycles. The monoisotopic (exact) mass is 430 g/mol. The van der Waals surface area contributed by atoms with Gasteiger partial charge in [0.2, 0.25) is 0 Å². The number of amides is 2. The van der Waals surface area contributed by atoms with E-state index in [1.165, 1.54) is 12.1 Å². The zero-order valence-corrected chi connectivity index (χ0v) is 17.3. The second-order valence-corrected chi connectivity index (χ2v) is 7.71. The van der Waals surface area contributed by atoms with E-state index in [0.717, 1.165) is 15.8 Å². The Labute approximate surface area is 181 Å². The van der Waals surface area contributed by atoms with E-state index in [0.29, 0.717) is 22.0 Å². The van der Waals surface area contributed by atoms with E-state index in [2.05, 4.69) is 0 Å². The number of fused-ring (bicyclic) bond motifs is 2. The highest BCUT2D eigenvalue weighted by Gasteiger charge is 2.41. The van der Waals surface area contributed by atoms with Crippen LogP contribution in [0.25, 0.3) is 33.0 Å². The van der Waals surface area contributed by atoms with Gasteiger partial charge in [-0.1, -0.05) is 18.2 Å². The van der Waals surface area contributed by atoms with E-state index in [1.54, 1.807) is 30.1 Å². The first-order valence-corrected chi connectivity index (χ1v) is 9.83. The molecule has 9 heteroatoms. The molecule has 1 N–H and O–H groups in total. The van der Waals surface area contributed by atoms with Crippen LogP contribution in [-0.2, 0) is 23.7 Å². The lowest BCUT2D eigenvalue weighted by atomic mass is 9.95. The Hall–Kier alpha value is -4.24. The van der Waals surface area contributed by atoms with Gasteiger partial charge in [0.25, 0.3) is 17.5 Å². The van der Waals surface area contributed by atoms with Crippen LogP contribution in [0.4, 0.5) is 5.69 Å². The van der Waals surface area contributed by atoms with Crippen LogP contribution < -0.4 is 0 Å². The Kier molecular flexibility index (Phi) is 4.24. The molecule has 2 amide bonds. The molecule has 2 aromatic heterocycles. The maximum absolute atomic E-state index is 13.3. The van der Waals surface area contributed by atoms with E-state index in [-0.39, 0.29) is 16.8 Å². The van der Waals surface area contributed by atoms with Crippen LogP contribution in [-0.4, -0.2) is 42.6 Å². The average Bonchev–Trinajstić information content (AvgIpc) is 3.37. The van der Waals surface area contributed by atoms with Crippen LogP contribution in [0.2, 0.25) is 0 Å². The Morgan fingerprint density at radius 2 is 1.44 bits per heavy atom. The van der Waals surface area contributed by atoms with E-state index in [9.17, 15) is 24.8 Å². The van der Waals surface area contributed by atoms with Crippen molar-refractivity contribution in [3.8, 4) is 0 Å². The van der Waals surface area contributed by atoms with Crippen molar-refractivity contribution in [2.75, 3.05) is 6.73 Å². The van der Waals surface area contributed by atoms with Crippen LogP contribution in [0, 0.1) is 10.1 Å². The molecule has 9 nitrogen and oxygen atoms in total. The van der Waals surface area contributed by atoms with Crippen molar-refractivity contribution >= 4 is 50.5 Å². The Morgan fingerprint density at radius 1 is 0.875 bits per heavy atom. The molecule has 4 aromatic rings. The Morgan fingerprint density at radius 3 is 2.03 bits per heavy atom. The molecule has 160 valence electrons. The first kappa shape index (κ1) is 19.7. The third-order valence-electron chi connectivity index (χ3n) is 5.93. The minimum Gasteiger partial charge on any atom is -0.376 e. The molecular formula is C23H18N4O5. The molecule has 0 unspecified atom stereocenters. The van der Waals surface area contributed by atoms with Gasteiger partial charge in [0.15, 0.2) is 0 Å². The number of para-hydroxylation sites is 1. The molecule has 0 bridgehead atoms. The minimum atomic E-state index is -0.744. The Bertz CT molecular complexity index is 1510. The second kappa shape index (κ2) is 6.89. The molecule has 5 rings (SSSR count). The number of hydrogen-bond acceptors (Lipinski definition) is 5. The lowest BCUT2D eigenvalue weighted by Gasteiger charge is -2.10. The topological polar surface area (TPSA) is 111 Å². The van der Waals surface area contributed by atoms with Crippen molar-refractivity contribution in [3.63, 3.8) is 0 Å². The largest absolute Gasteiger partial charge is 0.376 e. The zero-order chi connectivity index (χ0) is 22.7. The number of aromatic nitrogens is 2. The molecule has 1 aliphatic heterocycles. The quantitative estimate of drug-likeness (QED) is 0.304. The number of carbonyl (C=O) groups is 2. The SMILES string of the molecule is Cn1cc(C2=C(c3cn(C)c4cc([N+](=O)[O-])ccc34)C(=O)N(CO)C2=O)c2ccccc21. The number of imide groups is 1. The summed E-state index contributed by atoms with van der Waals surface area (Å²) >= 11 is 0. The molecular weight excluding hydrogens is 412 g/mol. The summed E-state index contributed by atoms with van der Waals surface area (Å²) in [4.78, 5) is 38.0. The van der Waals surface area contributed by atoms with Crippen molar-refractivity contribution in [2.45, 2.75) is 0 Å². The molecule has 0 radical (unpaired) electrons. The first-order chi connectivity index (χ1) is 15.3. The summed E-state index contributed by atoms with van der Waals surface area (Å²) in [7, 11) is 3.58. The molecule has 0 aliphatic carbocycles. The average molecular weight is 430 g/mol. The lowest BCUT2D eigenvalue weighted by molar-refractivity contribution is -0.384. The molecule has 0 saturated carbocycles. The smallest absolute Gasteiger partial charge is 0.271 e. The number of non-ortho nitro benzene ring substituents is 1.